The van der Waals surface area contributed by atoms with Gasteiger partial charge in [0.1, 0.15) is 42.3 Å². The molecule has 0 aliphatic carbocycles. The van der Waals surface area contributed by atoms with E-state index in [-0.39, 0.29) is 81.0 Å². The lowest BCUT2D eigenvalue weighted by molar-refractivity contribution is -0.141. The molecular weight excluding hydrogens is 923 g/mol. The summed E-state index contributed by atoms with van der Waals surface area (Å²) in [5.41, 5.74) is 33.0. The second-order valence-corrected chi connectivity index (χ2v) is 16.1. The van der Waals surface area contributed by atoms with Crippen molar-refractivity contribution >= 4 is 90.4 Å². The molecule has 8 atom stereocenters. The van der Waals surface area contributed by atoms with Crippen LogP contribution in [0.1, 0.15) is 58.1 Å². The van der Waals surface area contributed by atoms with E-state index in [1.165, 1.54) is 12.5 Å². The summed E-state index contributed by atoms with van der Waals surface area (Å²) in [6.07, 6.45) is 1.78. The number of carbonyl (C=O) groups is 9. The van der Waals surface area contributed by atoms with Crippen molar-refractivity contribution in [3.05, 3.63) is 18.2 Å². The van der Waals surface area contributed by atoms with Crippen molar-refractivity contribution < 1.29 is 53.4 Å². The van der Waals surface area contributed by atoms with Gasteiger partial charge in [0.15, 0.2) is 11.9 Å². The van der Waals surface area contributed by atoms with Gasteiger partial charge in [-0.15, -0.1) is 0 Å². The molecule has 0 fully saturated rings. The number of guanidine groups is 2. The summed E-state index contributed by atoms with van der Waals surface area (Å²) in [6.45, 7) is 2.50. The smallest absolute Gasteiger partial charge is 0.327 e. The lowest BCUT2D eigenvalue weighted by Gasteiger charge is -2.28. The predicted octanol–water partition coefficient (Wildman–Crippen LogP) is -7.36. The highest BCUT2D eigenvalue weighted by molar-refractivity contribution is 7.80. The molecule has 1 aromatic rings. The molecule has 376 valence electrons. The van der Waals surface area contributed by atoms with Gasteiger partial charge in [-0.05, 0) is 38.0 Å². The molecule has 0 saturated carbocycles. The van der Waals surface area contributed by atoms with Crippen LogP contribution in [0, 0.1) is 5.92 Å². The fourth-order valence-corrected chi connectivity index (χ4v) is 6.27. The Morgan fingerprint density at radius 1 is 0.642 bits per heavy atom. The minimum Gasteiger partial charge on any atom is -0.480 e. The number of carboxylic acid groups (broad SMARTS) is 1. The van der Waals surface area contributed by atoms with Gasteiger partial charge >= 0.3 is 5.97 Å². The summed E-state index contributed by atoms with van der Waals surface area (Å²) < 4.78 is 0. The van der Waals surface area contributed by atoms with Crippen LogP contribution in [0.3, 0.4) is 0 Å². The van der Waals surface area contributed by atoms with Gasteiger partial charge in [0.25, 0.3) is 0 Å². The van der Waals surface area contributed by atoms with Gasteiger partial charge in [-0.1, -0.05) is 13.8 Å². The van der Waals surface area contributed by atoms with Crippen LogP contribution >= 0.6 is 25.3 Å². The number of thiol groups is 2. The van der Waals surface area contributed by atoms with Crippen LogP contribution in [0.25, 0.3) is 0 Å². The van der Waals surface area contributed by atoms with Crippen molar-refractivity contribution in [2.24, 2.45) is 50.3 Å². The summed E-state index contributed by atoms with van der Waals surface area (Å²) in [6, 6.07) is -11.6. The van der Waals surface area contributed by atoms with E-state index in [9.17, 15) is 53.4 Å². The maximum absolute atomic E-state index is 14.1. The zero-order valence-electron chi connectivity index (χ0n) is 37.1. The lowest BCUT2D eigenvalue weighted by Crippen LogP contribution is -2.61. The van der Waals surface area contributed by atoms with Gasteiger partial charge in [0.2, 0.25) is 47.3 Å². The minimum absolute atomic E-state index is 0.00965. The maximum atomic E-state index is 14.1. The van der Waals surface area contributed by atoms with Gasteiger partial charge in [-0.3, -0.25) is 48.3 Å². The Morgan fingerprint density at radius 2 is 1.07 bits per heavy atom. The number of nitrogens with two attached hydrogens (primary N) is 6. The zero-order valence-corrected chi connectivity index (χ0v) is 38.9. The van der Waals surface area contributed by atoms with Crippen molar-refractivity contribution in [1.82, 2.24) is 47.2 Å². The number of carboxylic acids is 1. The van der Waals surface area contributed by atoms with Gasteiger partial charge in [0.05, 0.1) is 25.4 Å². The topological polar surface area (TPSA) is 488 Å². The number of hydrogen-bond acceptors (Lipinski definition) is 16. The summed E-state index contributed by atoms with van der Waals surface area (Å²) in [4.78, 5) is 133. The first kappa shape index (κ1) is 58.6. The molecule has 28 nitrogen and oxygen atoms in total. The monoisotopic (exact) mass is 987 g/mol. The Kier molecular flexibility index (Phi) is 26.9. The number of rotatable bonds is 32. The number of amides is 8. The number of carbonyl (C=O) groups excluding carboxylic acids is 8. The number of aliphatic imine (C=N–C) groups is 2. The fraction of sp³-hybridized carbons (Fsp3) is 0.622. The SMILES string of the molecule is CC(C)C[C@H](NC(=O)[C@H](CCCN=C(N)N)NC(=O)[C@H](CO)NC(=O)[C@H](CC(N)=O)NC(=O)[C@@H](N)CS)C(=O)N[C@@H](Cc1cnc[nH]1)C(=O)N[C@@H](CCCN=C(N)N)C(=O)N[C@@H](CS)C(=O)O. The Labute approximate surface area is 396 Å². The standard InChI is InChI=1S/C37H65N17O11S2/c1-17(2)9-22(31(60)52-23(10-18-12-44-16-47-18)32(61)48-21(6-4-8-46-37(42)43)30(59)54-26(15-67)35(64)65)51-29(58)20(5-3-7-45-36(40)41)49-34(63)25(13-55)53-33(62)24(11-27(39)56)50-28(57)19(38)14-66/h12,16-17,19-26,55,66-67H,3-11,13-15,38H2,1-2H3,(H2,39,56)(H,44,47)(H,48,61)(H,49,63)(H,50,57)(H,51,58)(H,52,60)(H,53,62)(H,54,59)(H,64,65)(H4,40,41,45)(H4,42,43,46)/t19-,20-,21-,22-,23-,24-,25-,26-/m0/s1. The van der Waals surface area contributed by atoms with Crippen LogP contribution < -0.4 is 71.6 Å². The van der Waals surface area contributed by atoms with Gasteiger partial charge in [-0.25, -0.2) is 9.78 Å². The highest BCUT2D eigenvalue weighted by Gasteiger charge is 2.35. The Balaban J connectivity index is 3.50. The van der Waals surface area contributed by atoms with Gasteiger partial charge < -0.3 is 86.8 Å². The number of nitrogens with zero attached hydrogens (tertiary/aromatic N) is 3. The fourth-order valence-electron chi connectivity index (χ4n) is 5.86. The van der Waals surface area contributed by atoms with E-state index in [1.54, 1.807) is 13.8 Å². The van der Waals surface area contributed by atoms with Crippen molar-refractivity contribution in [2.45, 2.75) is 107 Å². The summed E-state index contributed by atoms with van der Waals surface area (Å²) in [7, 11) is 0. The third kappa shape index (κ3) is 23.1. The second-order valence-electron chi connectivity index (χ2n) is 15.4. The van der Waals surface area contributed by atoms with Crippen LogP contribution in [0.2, 0.25) is 0 Å². The molecular formula is C37H65N17O11S2. The number of aliphatic hydroxyl groups is 1. The number of aromatic amines is 1. The van der Waals surface area contributed by atoms with Crippen molar-refractivity contribution in [2.75, 3.05) is 31.2 Å². The number of aromatic nitrogens is 2. The molecule has 0 aliphatic heterocycles. The van der Waals surface area contributed by atoms with Crippen LogP contribution in [-0.4, -0.2) is 165 Å². The van der Waals surface area contributed by atoms with E-state index in [2.05, 4.69) is 82.4 Å². The molecule has 0 radical (unpaired) electrons. The summed E-state index contributed by atoms with van der Waals surface area (Å²) >= 11 is 7.90. The molecule has 22 N–H and O–H groups in total. The molecule has 0 spiro atoms. The number of aliphatic hydroxyl groups excluding tert-OH is 1. The van der Waals surface area contributed by atoms with Gasteiger partial charge in [-0.2, -0.15) is 25.3 Å². The number of aliphatic carboxylic acids is 1. The molecule has 1 aromatic heterocycles. The molecule has 0 unspecified atom stereocenters. The van der Waals surface area contributed by atoms with Crippen LogP contribution in [0.15, 0.2) is 22.5 Å². The van der Waals surface area contributed by atoms with Crippen molar-refractivity contribution in [3.63, 3.8) is 0 Å². The molecule has 8 amide bonds. The number of hydrogen-bond donors (Lipinski definition) is 18. The van der Waals surface area contributed by atoms with Gasteiger partial charge in [0, 0.05) is 42.9 Å². The van der Waals surface area contributed by atoms with Crippen molar-refractivity contribution in [1.29, 1.82) is 0 Å². The Bertz CT molecular complexity index is 1880. The van der Waals surface area contributed by atoms with E-state index in [4.69, 9.17) is 34.4 Å². The molecule has 0 aliphatic rings. The zero-order chi connectivity index (χ0) is 50.8. The van der Waals surface area contributed by atoms with Crippen LogP contribution in [0.5, 0.6) is 0 Å². The first-order valence-electron chi connectivity index (χ1n) is 20.8. The Hall–Kier alpha value is -6.40. The number of H-pyrrole nitrogens is 1. The maximum Gasteiger partial charge on any atom is 0.327 e. The average Bonchev–Trinajstić information content (AvgIpc) is 3.77. The average molecular weight is 988 g/mol. The number of primary amides is 1. The highest BCUT2D eigenvalue weighted by Crippen LogP contribution is 2.10. The Morgan fingerprint density at radius 3 is 1.51 bits per heavy atom. The van der Waals surface area contributed by atoms with E-state index in [1.807, 2.05) is 0 Å². The summed E-state index contributed by atoms with van der Waals surface area (Å²) in [5, 5.41) is 36.6. The molecule has 0 bridgehead atoms. The third-order valence-corrected chi connectivity index (χ3v) is 10.1. The van der Waals surface area contributed by atoms with E-state index >= 15 is 0 Å². The number of nitrogens with one attached hydrogen (secondary N) is 8. The quantitative estimate of drug-likeness (QED) is 0.0138. The normalized spacial score (nSPS) is 14.5. The first-order valence-corrected chi connectivity index (χ1v) is 22.1. The van der Waals surface area contributed by atoms with Crippen molar-refractivity contribution in [3.8, 4) is 0 Å². The van der Waals surface area contributed by atoms with Crippen LogP contribution in [0.4, 0.5) is 0 Å². The predicted molar refractivity (Wildman–Crippen MR) is 249 cm³/mol. The molecule has 0 saturated heterocycles. The van der Waals surface area contributed by atoms with E-state index < -0.39 is 115 Å². The number of imidazole rings is 1. The van der Waals surface area contributed by atoms with E-state index in [0.29, 0.717) is 5.69 Å². The third-order valence-electron chi connectivity index (χ3n) is 9.29. The molecule has 1 rings (SSSR count). The van der Waals surface area contributed by atoms with E-state index in [0.717, 1.165) is 0 Å². The second kappa shape index (κ2) is 30.7. The molecule has 30 heteroatoms. The molecule has 1 heterocycles. The molecule has 0 aromatic carbocycles. The summed E-state index contributed by atoms with van der Waals surface area (Å²) in [5.74, 6) is -10.2. The lowest BCUT2D eigenvalue weighted by atomic mass is 10.0. The first-order chi connectivity index (χ1) is 31.5. The largest absolute Gasteiger partial charge is 0.480 e. The minimum atomic E-state index is -1.76. The van der Waals surface area contributed by atoms with Crippen LogP contribution in [-0.2, 0) is 49.6 Å². The molecule has 67 heavy (non-hydrogen) atoms. The highest BCUT2D eigenvalue weighted by atomic mass is 32.1.